The maximum absolute atomic E-state index is 12.6. The number of rotatable bonds is 12. The Morgan fingerprint density at radius 2 is 2.03 bits per heavy atom. The zero-order valence-corrected chi connectivity index (χ0v) is 19.3. The molecule has 0 saturated heterocycles. The minimum Gasteiger partial charge on any atom is -0.383 e. The summed E-state index contributed by atoms with van der Waals surface area (Å²) < 4.78 is 15.5. The van der Waals surface area contributed by atoms with E-state index in [2.05, 4.69) is 14.5 Å². The fraction of sp³-hybridized carbons (Fsp3) is 0.556. The monoisotopic (exact) mass is 460 g/mol. The van der Waals surface area contributed by atoms with Crippen molar-refractivity contribution in [3.05, 3.63) is 28.2 Å². The summed E-state index contributed by atoms with van der Waals surface area (Å²) in [6.07, 6.45) is 3.52. The zero-order valence-electron chi connectivity index (χ0n) is 17.6. The Morgan fingerprint density at radius 3 is 2.53 bits per heavy atom. The molecule has 0 bridgehead atoms. The molecule has 0 aliphatic carbocycles. The van der Waals surface area contributed by atoms with E-state index in [-0.39, 0.29) is 36.4 Å². The number of anilines is 1. The third-order valence-electron chi connectivity index (χ3n) is 4.45. The number of aromatic nitrogens is 2. The van der Waals surface area contributed by atoms with E-state index < -0.39 is 7.82 Å². The Hall–Kier alpha value is -1.78. The Morgan fingerprint density at radius 1 is 1.40 bits per heavy atom. The van der Waals surface area contributed by atoms with Gasteiger partial charge < -0.3 is 20.4 Å². The summed E-state index contributed by atoms with van der Waals surface area (Å²) >= 11 is 0.966. The summed E-state index contributed by atoms with van der Waals surface area (Å²) in [7, 11) is -4.65. The first kappa shape index (κ1) is 26.3. The molecule has 0 radical (unpaired) electrons. The number of carbonyl (C=O) groups excluding carboxylic acids is 2. The lowest BCUT2D eigenvalue weighted by Crippen LogP contribution is -2.22. The first-order valence-corrected chi connectivity index (χ1v) is 11.8. The molecular weight excluding hydrogens is 431 g/mol. The van der Waals surface area contributed by atoms with Crippen LogP contribution in [0, 0.1) is 12.8 Å². The predicted octanol–water partition coefficient (Wildman–Crippen LogP) is 2.75. The smallest absolute Gasteiger partial charge is 0.383 e. The van der Waals surface area contributed by atoms with Crippen LogP contribution in [0.3, 0.4) is 0 Å². The van der Waals surface area contributed by atoms with E-state index in [0.29, 0.717) is 41.2 Å². The molecule has 1 aromatic heterocycles. The van der Waals surface area contributed by atoms with E-state index in [0.717, 1.165) is 11.8 Å². The number of nitrogens with two attached hydrogens (primary N) is 1. The molecule has 0 aliphatic rings. The molecule has 30 heavy (non-hydrogen) atoms. The largest absolute Gasteiger partial charge is 0.469 e. The number of hydrogen-bond acceptors (Lipinski definition) is 8. The van der Waals surface area contributed by atoms with Crippen LogP contribution < -0.4 is 5.73 Å². The Kier molecular flexibility index (Phi) is 10.6. The number of aryl methyl sites for hydroxylation is 1. The second-order valence-corrected chi connectivity index (χ2v) is 8.92. The molecule has 0 atom stereocenters. The maximum atomic E-state index is 12.6. The highest BCUT2D eigenvalue weighted by molar-refractivity contribution is 8.17. The number of phosphoric ester groups is 1. The van der Waals surface area contributed by atoms with Crippen molar-refractivity contribution in [3.8, 4) is 0 Å². The van der Waals surface area contributed by atoms with Gasteiger partial charge in [0.1, 0.15) is 11.6 Å². The maximum Gasteiger partial charge on any atom is 0.469 e. The number of phosphoric acid groups is 1. The van der Waals surface area contributed by atoms with Crippen LogP contribution in [0.1, 0.15) is 51.4 Å². The first-order chi connectivity index (χ1) is 14.0. The van der Waals surface area contributed by atoms with Crippen LogP contribution in [0.25, 0.3) is 0 Å². The fourth-order valence-corrected chi connectivity index (χ4v) is 4.13. The molecule has 168 valence electrons. The van der Waals surface area contributed by atoms with Crippen molar-refractivity contribution in [3.63, 3.8) is 0 Å². The van der Waals surface area contributed by atoms with Crippen molar-refractivity contribution in [2.75, 3.05) is 12.3 Å². The number of carbonyl (C=O) groups is 2. The highest BCUT2D eigenvalue weighted by Crippen LogP contribution is 2.38. The van der Waals surface area contributed by atoms with Crippen LogP contribution in [0.2, 0.25) is 0 Å². The van der Waals surface area contributed by atoms with Crippen LogP contribution in [-0.2, 0) is 25.2 Å². The second-order valence-electron chi connectivity index (χ2n) is 6.58. The Labute approximate surface area is 180 Å². The van der Waals surface area contributed by atoms with Gasteiger partial charge in [0.05, 0.1) is 13.2 Å². The molecule has 0 aliphatic heterocycles. The number of hydrogen-bond donors (Lipinski definition) is 3. The molecule has 0 saturated carbocycles. The van der Waals surface area contributed by atoms with Crippen LogP contribution in [-0.4, -0.2) is 42.8 Å². The average Bonchev–Trinajstić information content (AvgIpc) is 2.66. The zero-order chi connectivity index (χ0) is 22.9. The Bertz CT molecular complexity index is 825. The van der Waals surface area contributed by atoms with Crippen LogP contribution in [0.4, 0.5) is 5.82 Å². The molecule has 0 aromatic carbocycles. The molecule has 0 fully saturated rings. The molecule has 0 spiro atoms. The molecule has 1 heterocycles. The van der Waals surface area contributed by atoms with Gasteiger partial charge in [-0.2, -0.15) is 0 Å². The molecule has 12 heteroatoms. The van der Waals surface area contributed by atoms with Crippen LogP contribution in [0.5, 0.6) is 0 Å². The van der Waals surface area contributed by atoms with Crippen molar-refractivity contribution in [2.24, 2.45) is 5.92 Å². The number of nitrogen functional groups attached to an aromatic ring is 1. The lowest BCUT2D eigenvalue weighted by atomic mass is 10.1. The van der Waals surface area contributed by atoms with Crippen molar-refractivity contribution < 1.29 is 28.5 Å². The lowest BCUT2D eigenvalue weighted by Gasteiger charge is -2.23. The van der Waals surface area contributed by atoms with Crippen LogP contribution >= 0.6 is 19.6 Å². The quantitative estimate of drug-likeness (QED) is 0.313. The van der Waals surface area contributed by atoms with Gasteiger partial charge in [-0.05, 0) is 26.7 Å². The third kappa shape index (κ3) is 8.53. The summed E-state index contributed by atoms with van der Waals surface area (Å²) in [6.45, 7) is 6.96. The topological polar surface area (TPSA) is 156 Å². The average molecular weight is 460 g/mol. The van der Waals surface area contributed by atoms with Crippen molar-refractivity contribution in [2.45, 2.75) is 53.5 Å². The van der Waals surface area contributed by atoms with E-state index in [1.807, 2.05) is 13.8 Å². The molecule has 1 aromatic rings. The highest BCUT2D eigenvalue weighted by Gasteiger charge is 2.22. The summed E-state index contributed by atoms with van der Waals surface area (Å²) in [6, 6.07) is 0. The van der Waals surface area contributed by atoms with Crippen LogP contribution in [0.15, 0.2) is 16.8 Å². The fourth-order valence-electron chi connectivity index (χ4n) is 2.60. The molecule has 4 N–H and O–H groups in total. The van der Waals surface area contributed by atoms with Gasteiger partial charge in [0, 0.05) is 34.7 Å². The molecule has 10 nitrogen and oxygen atoms in total. The van der Waals surface area contributed by atoms with Gasteiger partial charge in [-0.3, -0.25) is 14.1 Å². The van der Waals surface area contributed by atoms with Gasteiger partial charge in [-0.15, -0.1) is 0 Å². The second kappa shape index (κ2) is 12.2. The SMILES string of the molecule is CCC(CC)C(=O)SC(CCOP(=O)(O)O)=C(C)N(C=O)Cc1cnc(C)nc1N. The van der Waals surface area contributed by atoms with E-state index in [9.17, 15) is 14.2 Å². The third-order valence-corrected chi connectivity index (χ3v) is 6.25. The van der Waals surface area contributed by atoms with E-state index in [4.69, 9.17) is 15.5 Å². The molecule has 1 rings (SSSR count). The molecule has 1 amide bonds. The molecular formula is C18H29N4O6PS. The molecule has 0 unspecified atom stereocenters. The lowest BCUT2D eigenvalue weighted by molar-refractivity contribution is -0.117. The van der Waals surface area contributed by atoms with Gasteiger partial charge in [0.25, 0.3) is 0 Å². The van der Waals surface area contributed by atoms with E-state index >= 15 is 0 Å². The van der Waals surface area contributed by atoms with Gasteiger partial charge in [0.15, 0.2) is 5.12 Å². The number of allylic oxidation sites excluding steroid dienone is 1. The van der Waals surface area contributed by atoms with E-state index in [1.54, 1.807) is 13.8 Å². The Balaban J connectivity index is 3.16. The van der Waals surface area contributed by atoms with Gasteiger partial charge >= 0.3 is 7.82 Å². The summed E-state index contributed by atoms with van der Waals surface area (Å²) in [5, 5.41) is -0.0745. The minimum atomic E-state index is -4.65. The number of amides is 1. The van der Waals surface area contributed by atoms with Crippen molar-refractivity contribution in [1.82, 2.24) is 14.9 Å². The highest BCUT2D eigenvalue weighted by atomic mass is 32.2. The summed E-state index contributed by atoms with van der Waals surface area (Å²) in [4.78, 5) is 52.2. The van der Waals surface area contributed by atoms with E-state index in [1.165, 1.54) is 11.1 Å². The first-order valence-electron chi connectivity index (χ1n) is 9.43. The van der Waals surface area contributed by atoms with Gasteiger partial charge in [-0.25, -0.2) is 14.5 Å². The summed E-state index contributed by atoms with van der Waals surface area (Å²) in [5.41, 5.74) is 6.91. The number of thioether (sulfide) groups is 1. The van der Waals surface area contributed by atoms with Crippen molar-refractivity contribution >= 4 is 36.9 Å². The van der Waals surface area contributed by atoms with Gasteiger partial charge in [0.2, 0.25) is 6.41 Å². The van der Waals surface area contributed by atoms with Gasteiger partial charge in [-0.1, -0.05) is 25.6 Å². The minimum absolute atomic E-state index is 0.0533. The van der Waals surface area contributed by atoms with Crippen molar-refractivity contribution in [1.29, 1.82) is 0 Å². The summed E-state index contributed by atoms with van der Waals surface area (Å²) in [5.74, 6) is 0.586. The standard InChI is InChI=1S/C18H29N4O6PS/c1-5-14(6-2)18(24)30-16(7-8-28-29(25,26)27)12(3)22(11-23)10-15-9-20-13(4)21-17(15)19/h9,11,14H,5-8,10H2,1-4H3,(H2,19,20,21)(H2,25,26,27). The number of nitrogens with zero attached hydrogens (tertiary/aromatic N) is 3. The predicted molar refractivity (Wildman–Crippen MR) is 115 cm³/mol. The normalized spacial score (nSPS) is 12.6.